The molecule has 4 nitrogen and oxygen atoms in total. The van der Waals surface area contributed by atoms with Crippen molar-refractivity contribution in [2.24, 2.45) is 0 Å². The van der Waals surface area contributed by atoms with Crippen molar-refractivity contribution >= 4 is 34.8 Å². The summed E-state index contributed by atoms with van der Waals surface area (Å²) in [5.74, 6) is -1.25. The van der Waals surface area contributed by atoms with Crippen LogP contribution < -0.4 is 9.80 Å². The lowest BCUT2D eigenvalue weighted by Gasteiger charge is -2.24. The molecule has 1 aliphatic heterocycles. The highest BCUT2D eigenvalue weighted by molar-refractivity contribution is 6.52. The number of anilines is 2. The van der Waals surface area contributed by atoms with Crippen LogP contribution in [0.3, 0.4) is 0 Å². The summed E-state index contributed by atoms with van der Waals surface area (Å²) in [4.78, 5) is 26.9. The number of alkyl halides is 1. The highest BCUT2D eigenvalue weighted by Gasteiger charge is 2.45. The first-order valence-electron chi connectivity index (χ1n) is 6.11. The van der Waals surface area contributed by atoms with E-state index in [9.17, 15) is 9.59 Å². The fourth-order valence-electron chi connectivity index (χ4n) is 2.17. The zero-order valence-corrected chi connectivity index (χ0v) is 11.2. The van der Waals surface area contributed by atoms with E-state index in [1.807, 2.05) is 12.1 Å². The number of rotatable bonds is 2. The minimum Gasteiger partial charge on any atom is -0.269 e. The summed E-state index contributed by atoms with van der Waals surface area (Å²) in [5, 5.41) is 0. The highest BCUT2D eigenvalue weighted by atomic mass is 35.5. The van der Waals surface area contributed by atoms with E-state index in [1.165, 1.54) is 9.80 Å². The predicted molar refractivity (Wildman–Crippen MR) is 77.5 cm³/mol. The molecule has 0 N–H and O–H groups in total. The van der Waals surface area contributed by atoms with Gasteiger partial charge in [-0.25, -0.2) is 0 Å². The van der Waals surface area contributed by atoms with Crippen molar-refractivity contribution < 1.29 is 9.59 Å². The molecule has 3 rings (SSSR count). The normalized spacial score (nSPS) is 16.1. The van der Waals surface area contributed by atoms with Crippen LogP contribution in [0.1, 0.15) is 0 Å². The van der Waals surface area contributed by atoms with Crippen molar-refractivity contribution in [3.05, 3.63) is 60.7 Å². The van der Waals surface area contributed by atoms with Gasteiger partial charge in [0.25, 0.3) is 0 Å². The highest BCUT2D eigenvalue weighted by Crippen LogP contribution is 2.31. The van der Waals surface area contributed by atoms with E-state index in [2.05, 4.69) is 0 Å². The van der Waals surface area contributed by atoms with Gasteiger partial charge < -0.3 is 0 Å². The molecule has 1 saturated heterocycles. The first kappa shape index (κ1) is 12.7. The fraction of sp³-hybridized carbons (Fsp3) is 0.0667. The Kier molecular flexibility index (Phi) is 3.16. The van der Waals surface area contributed by atoms with Gasteiger partial charge in [-0.1, -0.05) is 48.0 Å². The molecule has 1 aliphatic rings. The van der Waals surface area contributed by atoms with Crippen LogP contribution in [-0.2, 0) is 9.59 Å². The number of carbonyl (C=O) groups excluding carboxylic acids is 2. The third kappa shape index (κ3) is 1.94. The summed E-state index contributed by atoms with van der Waals surface area (Å²) in [6.07, 6.45) is 0. The second-order valence-electron chi connectivity index (χ2n) is 4.33. The third-order valence-corrected chi connectivity index (χ3v) is 3.51. The molecule has 100 valence electrons. The molecule has 0 aromatic heterocycles. The number of halogens is 1. The SMILES string of the molecule is O=C1C(=O)N(c2ccccc2)C(Cl)N1c1ccccc1. The molecule has 20 heavy (non-hydrogen) atoms. The van der Waals surface area contributed by atoms with Gasteiger partial charge in [0.1, 0.15) is 0 Å². The zero-order valence-electron chi connectivity index (χ0n) is 10.4. The largest absolute Gasteiger partial charge is 0.319 e. The van der Waals surface area contributed by atoms with Gasteiger partial charge in [0.2, 0.25) is 0 Å². The summed E-state index contributed by atoms with van der Waals surface area (Å²) in [7, 11) is 0. The van der Waals surface area contributed by atoms with Crippen LogP contribution in [0.2, 0.25) is 0 Å². The summed E-state index contributed by atoms with van der Waals surface area (Å²) in [5.41, 5.74) is 0.341. The molecular weight excluding hydrogens is 276 g/mol. The molecule has 0 spiro atoms. The Labute approximate surface area is 121 Å². The monoisotopic (exact) mass is 286 g/mol. The average Bonchev–Trinajstić information content (AvgIpc) is 2.71. The van der Waals surface area contributed by atoms with Gasteiger partial charge >= 0.3 is 11.8 Å². The summed E-state index contributed by atoms with van der Waals surface area (Å²) in [6, 6.07) is 17.8. The number of hydrogen-bond donors (Lipinski definition) is 0. The average molecular weight is 287 g/mol. The molecule has 0 radical (unpaired) electrons. The van der Waals surface area contributed by atoms with Crippen LogP contribution in [0.5, 0.6) is 0 Å². The number of nitrogens with zero attached hydrogens (tertiary/aromatic N) is 2. The van der Waals surface area contributed by atoms with Crippen LogP contribution in [0.25, 0.3) is 0 Å². The molecule has 0 atom stereocenters. The van der Waals surface area contributed by atoms with Crippen molar-refractivity contribution in [2.75, 3.05) is 9.80 Å². The van der Waals surface area contributed by atoms with E-state index < -0.39 is 17.4 Å². The molecular formula is C15H11ClN2O2. The van der Waals surface area contributed by atoms with Crippen molar-refractivity contribution in [2.45, 2.75) is 5.62 Å². The first-order valence-corrected chi connectivity index (χ1v) is 6.55. The van der Waals surface area contributed by atoms with Gasteiger partial charge in [-0.05, 0) is 24.3 Å². The molecule has 5 heteroatoms. The minimum atomic E-state index is -0.861. The summed E-state index contributed by atoms with van der Waals surface area (Å²) < 4.78 is 0. The van der Waals surface area contributed by atoms with Gasteiger partial charge in [-0.2, -0.15) is 0 Å². The molecule has 0 aliphatic carbocycles. The first-order chi connectivity index (χ1) is 9.70. The maximum Gasteiger partial charge on any atom is 0.319 e. The second kappa shape index (κ2) is 4.98. The van der Waals surface area contributed by atoms with Crippen LogP contribution in [-0.4, -0.2) is 17.4 Å². The smallest absolute Gasteiger partial charge is 0.269 e. The Morgan fingerprint density at radius 1 is 0.700 bits per heavy atom. The van der Waals surface area contributed by atoms with Crippen molar-refractivity contribution in [1.82, 2.24) is 0 Å². The second-order valence-corrected chi connectivity index (χ2v) is 4.72. The number of amides is 2. The molecule has 0 saturated carbocycles. The van der Waals surface area contributed by atoms with E-state index >= 15 is 0 Å². The molecule has 2 amide bonds. The molecule has 1 fully saturated rings. The summed E-state index contributed by atoms with van der Waals surface area (Å²) in [6.45, 7) is 0. The Bertz CT molecular complexity index is 588. The predicted octanol–water partition coefficient (Wildman–Crippen LogP) is 2.59. The van der Waals surface area contributed by atoms with Gasteiger partial charge in [-0.15, -0.1) is 0 Å². The quantitative estimate of drug-likeness (QED) is 0.484. The standard InChI is InChI=1S/C15H11ClN2O2/c16-15-17(11-7-3-1-4-8-11)13(19)14(20)18(15)12-9-5-2-6-10-12/h1-10,15H. The van der Waals surface area contributed by atoms with Crippen LogP contribution in [0.4, 0.5) is 11.4 Å². The van der Waals surface area contributed by atoms with Gasteiger partial charge in [-0.3, -0.25) is 19.4 Å². The summed E-state index contributed by atoms with van der Waals surface area (Å²) >= 11 is 6.31. The van der Waals surface area contributed by atoms with Crippen LogP contribution >= 0.6 is 11.6 Å². The number of hydrogen-bond acceptors (Lipinski definition) is 2. The van der Waals surface area contributed by atoms with E-state index in [0.29, 0.717) is 11.4 Å². The molecule has 1 heterocycles. The lowest BCUT2D eigenvalue weighted by molar-refractivity contribution is -0.133. The van der Waals surface area contributed by atoms with Gasteiger partial charge in [0, 0.05) is 11.4 Å². The molecule has 0 unspecified atom stereocenters. The lowest BCUT2D eigenvalue weighted by atomic mass is 10.3. The molecule has 2 aromatic carbocycles. The fourth-order valence-corrected chi connectivity index (χ4v) is 2.58. The minimum absolute atomic E-state index is 0.601. The third-order valence-electron chi connectivity index (χ3n) is 3.12. The Morgan fingerprint density at radius 2 is 1.05 bits per heavy atom. The van der Waals surface area contributed by atoms with Gasteiger partial charge in [0.05, 0.1) is 0 Å². The molecule has 0 bridgehead atoms. The Morgan fingerprint density at radius 3 is 1.40 bits per heavy atom. The maximum absolute atomic E-state index is 12.2. The zero-order chi connectivity index (χ0) is 14.1. The van der Waals surface area contributed by atoms with Gasteiger partial charge in [0.15, 0.2) is 5.62 Å². The van der Waals surface area contributed by atoms with E-state index in [0.717, 1.165) is 0 Å². The van der Waals surface area contributed by atoms with E-state index in [-0.39, 0.29) is 0 Å². The Hall–Kier alpha value is -2.33. The number of benzene rings is 2. The lowest BCUT2D eigenvalue weighted by Crippen LogP contribution is -2.35. The van der Waals surface area contributed by atoms with Crippen molar-refractivity contribution in [1.29, 1.82) is 0 Å². The van der Waals surface area contributed by atoms with Crippen LogP contribution in [0, 0.1) is 0 Å². The molecule has 2 aromatic rings. The topological polar surface area (TPSA) is 40.6 Å². The van der Waals surface area contributed by atoms with Crippen molar-refractivity contribution in [3.8, 4) is 0 Å². The van der Waals surface area contributed by atoms with E-state index in [4.69, 9.17) is 11.6 Å². The number of carbonyl (C=O) groups is 2. The van der Waals surface area contributed by atoms with E-state index in [1.54, 1.807) is 48.5 Å². The number of para-hydroxylation sites is 2. The van der Waals surface area contributed by atoms with Crippen molar-refractivity contribution in [3.63, 3.8) is 0 Å². The maximum atomic E-state index is 12.2. The van der Waals surface area contributed by atoms with Crippen LogP contribution in [0.15, 0.2) is 60.7 Å². The Balaban J connectivity index is 2.01.